The molecule has 0 aliphatic rings. The fourth-order valence-electron chi connectivity index (χ4n) is 3.15. The number of hydrogen-bond donors (Lipinski definition) is 1. The van der Waals surface area contributed by atoms with Crippen molar-refractivity contribution in [2.45, 2.75) is 13.8 Å². The molecular weight excluding hydrogens is 350 g/mol. The summed E-state index contributed by atoms with van der Waals surface area (Å²) >= 11 is 0. The molecule has 0 heterocycles. The molecule has 0 unspecified atom stereocenters. The molecule has 1 amide bonds. The second kappa shape index (κ2) is 9.04. The van der Waals surface area contributed by atoms with Crippen molar-refractivity contribution >= 4 is 28.6 Å². The normalized spacial score (nSPS) is 11.0. The van der Waals surface area contributed by atoms with Crippen LogP contribution >= 0.6 is 0 Å². The number of ether oxygens (including phenoxy) is 1. The number of amides is 1. The molecule has 0 bridgehead atoms. The van der Waals surface area contributed by atoms with Crippen LogP contribution in [-0.2, 0) is 0 Å². The molecule has 0 radical (unpaired) electrons. The van der Waals surface area contributed by atoms with Gasteiger partial charge in [0, 0.05) is 18.8 Å². The van der Waals surface area contributed by atoms with Crippen LogP contribution in [0.15, 0.2) is 65.8 Å². The minimum atomic E-state index is -0.307. The van der Waals surface area contributed by atoms with Gasteiger partial charge in [-0.25, -0.2) is 5.43 Å². The van der Waals surface area contributed by atoms with Gasteiger partial charge in [-0.15, -0.1) is 0 Å². The van der Waals surface area contributed by atoms with E-state index in [0.29, 0.717) is 11.3 Å². The van der Waals surface area contributed by atoms with Crippen molar-refractivity contribution in [3.8, 4) is 5.75 Å². The number of nitrogens with zero attached hydrogens (tertiary/aromatic N) is 2. The smallest absolute Gasteiger partial charge is 0.275 e. The van der Waals surface area contributed by atoms with Gasteiger partial charge < -0.3 is 9.64 Å². The zero-order valence-corrected chi connectivity index (χ0v) is 16.5. The molecular formula is C23H25N3O2. The minimum Gasteiger partial charge on any atom is -0.496 e. The first kappa shape index (κ1) is 19.4. The molecule has 28 heavy (non-hydrogen) atoms. The summed E-state index contributed by atoms with van der Waals surface area (Å²) in [5.41, 5.74) is 5.13. The van der Waals surface area contributed by atoms with Crippen LogP contribution < -0.4 is 15.1 Å². The lowest BCUT2D eigenvalue weighted by molar-refractivity contribution is 0.0952. The van der Waals surface area contributed by atoms with Crippen LogP contribution in [0.3, 0.4) is 0 Å². The third-order valence-corrected chi connectivity index (χ3v) is 4.71. The lowest BCUT2D eigenvalue weighted by Crippen LogP contribution is -2.21. The van der Waals surface area contributed by atoms with Crippen molar-refractivity contribution in [2.24, 2.45) is 5.10 Å². The number of hydrazone groups is 1. The van der Waals surface area contributed by atoms with Crippen molar-refractivity contribution in [1.29, 1.82) is 0 Å². The summed E-state index contributed by atoms with van der Waals surface area (Å²) in [5.74, 6) is 0.216. The Balaban J connectivity index is 1.72. The SMILES string of the molecule is CCN(CC)c1ccc(/C=N\NC(=O)c2cc3ccccc3cc2OC)cc1. The van der Waals surface area contributed by atoms with Gasteiger partial charge in [0.1, 0.15) is 5.75 Å². The molecule has 144 valence electrons. The minimum absolute atomic E-state index is 0.307. The van der Waals surface area contributed by atoms with Crippen molar-refractivity contribution in [3.05, 3.63) is 71.8 Å². The molecule has 0 fully saturated rings. The largest absolute Gasteiger partial charge is 0.496 e. The van der Waals surface area contributed by atoms with Crippen LogP contribution in [0.2, 0.25) is 0 Å². The number of methoxy groups -OCH3 is 1. The number of benzene rings is 3. The van der Waals surface area contributed by atoms with E-state index in [-0.39, 0.29) is 5.91 Å². The molecule has 1 N–H and O–H groups in total. The van der Waals surface area contributed by atoms with E-state index in [2.05, 4.69) is 41.4 Å². The Kier molecular flexibility index (Phi) is 6.27. The molecule has 0 aliphatic carbocycles. The number of carbonyl (C=O) groups excluding carboxylic acids is 1. The summed E-state index contributed by atoms with van der Waals surface area (Å²) in [4.78, 5) is 14.8. The van der Waals surface area contributed by atoms with Gasteiger partial charge in [0.05, 0.1) is 18.9 Å². The highest BCUT2D eigenvalue weighted by molar-refractivity contribution is 6.02. The molecule has 3 rings (SSSR count). The first-order chi connectivity index (χ1) is 13.7. The molecule has 3 aromatic carbocycles. The lowest BCUT2D eigenvalue weighted by atomic mass is 10.1. The number of fused-ring (bicyclic) bond motifs is 1. The van der Waals surface area contributed by atoms with Gasteiger partial charge in [0.2, 0.25) is 0 Å². The topological polar surface area (TPSA) is 53.9 Å². The Labute approximate surface area is 165 Å². The quantitative estimate of drug-likeness (QED) is 0.490. The maximum Gasteiger partial charge on any atom is 0.275 e. The second-order valence-corrected chi connectivity index (χ2v) is 6.36. The lowest BCUT2D eigenvalue weighted by Gasteiger charge is -2.20. The average molecular weight is 375 g/mol. The highest BCUT2D eigenvalue weighted by Gasteiger charge is 2.13. The average Bonchev–Trinajstić information content (AvgIpc) is 2.74. The van der Waals surface area contributed by atoms with E-state index in [9.17, 15) is 4.79 Å². The Morgan fingerprint density at radius 1 is 1.04 bits per heavy atom. The maximum atomic E-state index is 12.6. The molecule has 0 aromatic heterocycles. The van der Waals surface area contributed by atoms with Gasteiger partial charge in [-0.2, -0.15) is 5.10 Å². The molecule has 3 aromatic rings. The summed E-state index contributed by atoms with van der Waals surface area (Å²) in [6.07, 6.45) is 1.64. The summed E-state index contributed by atoms with van der Waals surface area (Å²) in [6.45, 7) is 6.20. The van der Waals surface area contributed by atoms with Crippen molar-refractivity contribution in [1.82, 2.24) is 5.43 Å². The van der Waals surface area contributed by atoms with Gasteiger partial charge in [-0.3, -0.25) is 4.79 Å². The van der Waals surface area contributed by atoms with E-state index in [0.717, 1.165) is 29.4 Å². The Hall–Kier alpha value is -3.34. The van der Waals surface area contributed by atoms with E-state index in [1.807, 2.05) is 48.5 Å². The van der Waals surface area contributed by atoms with Gasteiger partial charge in [0.25, 0.3) is 5.91 Å². The number of nitrogens with one attached hydrogen (secondary N) is 1. The molecule has 5 heteroatoms. The van der Waals surface area contributed by atoms with Gasteiger partial charge in [0.15, 0.2) is 0 Å². The van der Waals surface area contributed by atoms with Crippen LogP contribution in [0.4, 0.5) is 5.69 Å². The Bertz CT molecular complexity index is 977. The molecule has 0 aliphatic heterocycles. The van der Waals surface area contributed by atoms with Crippen LogP contribution in [0.5, 0.6) is 5.75 Å². The number of rotatable bonds is 7. The van der Waals surface area contributed by atoms with Crippen LogP contribution in [0.25, 0.3) is 10.8 Å². The zero-order chi connectivity index (χ0) is 19.9. The zero-order valence-electron chi connectivity index (χ0n) is 16.5. The predicted molar refractivity (Wildman–Crippen MR) is 116 cm³/mol. The van der Waals surface area contributed by atoms with Gasteiger partial charge >= 0.3 is 0 Å². The fourth-order valence-corrected chi connectivity index (χ4v) is 3.15. The molecule has 5 nitrogen and oxygen atoms in total. The molecule has 0 saturated heterocycles. The van der Waals surface area contributed by atoms with Crippen LogP contribution in [-0.4, -0.2) is 32.3 Å². The van der Waals surface area contributed by atoms with Crippen molar-refractivity contribution in [3.63, 3.8) is 0 Å². The fraction of sp³-hybridized carbons (Fsp3) is 0.217. The number of anilines is 1. The van der Waals surface area contributed by atoms with Crippen molar-refractivity contribution in [2.75, 3.05) is 25.1 Å². The Morgan fingerprint density at radius 3 is 2.29 bits per heavy atom. The summed E-state index contributed by atoms with van der Waals surface area (Å²) in [5, 5.41) is 6.09. The highest BCUT2D eigenvalue weighted by Crippen LogP contribution is 2.25. The third-order valence-electron chi connectivity index (χ3n) is 4.71. The van der Waals surface area contributed by atoms with E-state index in [1.54, 1.807) is 13.3 Å². The predicted octanol–water partition coefficient (Wildman–Crippen LogP) is 4.46. The standard InChI is InChI=1S/C23H25N3O2/c1-4-26(5-2)20-12-10-17(11-13-20)16-24-25-23(27)21-14-18-8-6-7-9-19(18)15-22(21)28-3/h6-16H,4-5H2,1-3H3,(H,25,27)/b24-16-. The number of hydrogen-bond acceptors (Lipinski definition) is 4. The molecule has 0 saturated carbocycles. The third kappa shape index (κ3) is 4.31. The van der Waals surface area contributed by atoms with Crippen molar-refractivity contribution < 1.29 is 9.53 Å². The first-order valence-corrected chi connectivity index (χ1v) is 9.41. The molecule has 0 spiro atoms. The molecule has 0 atom stereocenters. The Morgan fingerprint density at radius 2 is 1.68 bits per heavy atom. The first-order valence-electron chi connectivity index (χ1n) is 9.41. The maximum absolute atomic E-state index is 12.6. The summed E-state index contributed by atoms with van der Waals surface area (Å²) in [7, 11) is 1.56. The van der Waals surface area contributed by atoms with Gasteiger partial charge in [-0.05, 0) is 54.4 Å². The highest BCUT2D eigenvalue weighted by atomic mass is 16.5. The van der Waals surface area contributed by atoms with Gasteiger partial charge in [-0.1, -0.05) is 36.4 Å². The summed E-state index contributed by atoms with van der Waals surface area (Å²) < 4.78 is 5.38. The monoisotopic (exact) mass is 375 g/mol. The number of carbonyl (C=O) groups is 1. The van der Waals surface area contributed by atoms with E-state index < -0.39 is 0 Å². The summed E-state index contributed by atoms with van der Waals surface area (Å²) in [6, 6.07) is 19.6. The van der Waals surface area contributed by atoms with Crippen LogP contribution in [0.1, 0.15) is 29.8 Å². The van der Waals surface area contributed by atoms with E-state index in [4.69, 9.17) is 4.74 Å². The van der Waals surface area contributed by atoms with Crippen LogP contribution in [0, 0.1) is 0 Å². The van der Waals surface area contributed by atoms with E-state index >= 15 is 0 Å². The van der Waals surface area contributed by atoms with E-state index in [1.165, 1.54) is 5.69 Å². The second-order valence-electron chi connectivity index (χ2n) is 6.36.